The van der Waals surface area contributed by atoms with Gasteiger partial charge in [-0.15, -0.1) is 0 Å². The average molecular weight is 236 g/mol. The van der Waals surface area contributed by atoms with Gasteiger partial charge < -0.3 is 10.5 Å². The Balaban J connectivity index is 2.73. The maximum Gasteiger partial charge on any atom is 0.404 e. The fraction of sp³-hybridized carbons (Fsp3) is 0.900. The molecule has 0 unspecified atom stereocenters. The molecule has 0 radical (unpaired) electrons. The molecule has 6 heteroatoms. The van der Waals surface area contributed by atoms with Gasteiger partial charge in [0.15, 0.2) is 0 Å². The molecule has 94 valence electrons. The lowest BCUT2D eigenvalue weighted by atomic mass is 9.97. The lowest BCUT2D eigenvalue weighted by Crippen LogP contribution is -2.57. The van der Waals surface area contributed by atoms with Crippen molar-refractivity contribution >= 4 is 6.09 Å². The Morgan fingerprint density at radius 3 is 2.50 bits per heavy atom. The van der Waals surface area contributed by atoms with Crippen molar-refractivity contribution < 1.29 is 18.3 Å². The molecule has 16 heavy (non-hydrogen) atoms. The van der Waals surface area contributed by atoms with Gasteiger partial charge in [-0.05, 0) is 20.8 Å². The van der Waals surface area contributed by atoms with E-state index < -0.39 is 24.5 Å². The first kappa shape index (κ1) is 13.2. The van der Waals surface area contributed by atoms with Gasteiger partial charge in [0.2, 0.25) is 0 Å². The number of nitrogens with zero attached hydrogens (tertiary/aromatic N) is 1. The van der Waals surface area contributed by atoms with Crippen LogP contribution in [0.15, 0.2) is 0 Å². The number of alkyl halides is 2. The SMILES string of the molecule is CC(C)(C)N1C[C@@H](OC(N)=O)CC(F)(F)C1. The van der Waals surface area contributed by atoms with Gasteiger partial charge in [0.05, 0.1) is 13.0 Å². The zero-order valence-electron chi connectivity index (χ0n) is 9.80. The molecule has 0 spiro atoms. The highest BCUT2D eigenvalue weighted by atomic mass is 19.3. The lowest BCUT2D eigenvalue weighted by Gasteiger charge is -2.43. The predicted octanol–water partition coefficient (Wildman–Crippen LogP) is 1.59. The summed E-state index contributed by atoms with van der Waals surface area (Å²) in [6.45, 7) is 5.51. The van der Waals surface area contributed by atoms with Gasteiger partial charge in [0.1, 0.15) is 6.10 Å². The molecule has 0 aromatic carbocycles. The van der Waals surface area contributed by atoms with Crippen molar-refractivity contribution in [3.05, 3.63) is 0 Å². The Bertz CT molecular complexity index is 276. The van der Waals surface area contributed by atoms with Crippen LogP contribution in [0.5, 0.6) is 0 Å². The molecule has 1 saturated heterocycles. The van der Waals surface area contributed by atoms with E-state index in [1.165, 1.54) is 0 Å². The van der Waals surface area contributed by atoms with Crippen molar-refractivity contribution in [2.24, 2.45) is 5.73 Å². The van der Waals surface area contributed by atoms with Crippen LogP contribution < -0.4 is 5.73 Å². The van der Waals surface area contributed by atoms with Crippen molar-refractivity contribution in [3.63, 3.8) is 0 Å². The van der Waals surface area contributed by atoms with Gasteiger partial charge in [-0.3, -0.25) is 4.90 Å². The summed E-state index contributed by atoms with van der Waals surface area (Å²) in [7, 11) is 0. The third-order valence-electron chi connectivity index (χ3n) is 2.60. The van der Waals surface area contributed by atoms with E-state index in [9.17, 15) is 13.6 Å². The molecule has 4 nitrogen and oxygen atoms in total. The topological polar surface area (TPSA) is 55.6 Å². The van der Waals surface area contributed by atoms with Crippen molar-refractivity contribution in [2.75, 3.05) is 13.1 Å². The van der Waals surface area contributed by atoms with Crippen LogP contribution >= 0.6 is 0 Å². The number of likely N-dealkylation sites (tertiary alicyclic amines) is 1. The van der Waals surface area contributed by atoms with Gasteiger partial charge in [-0.25, -0.2) is 13.6 Å². The highest BCUT2D eigenvalue weighted by molar-refractivity contribution is 5.64. The Labute approximate surface area is 93.7 Å². The Kier molecular flexibility index (Phi) is 3.42. The number of carbonyl (C=O) groups excluding carboxylic acids is 1. The second kappa shape index (κ2) is 4.16. The third-order valence-corrected chi connectivity index (χ3v) is 2.60. The first-order valence-corrected chi connectivity index (χ1v) is 5.19. The first-order valence-electron chi connectivity index (χ1n) is 5.19. The molecule has 0 bridgehead atoms. The van der Waals surface area contributed by atoms with Gasteiger partial charge in [0.25, 0.3) is 5.92 Å². The molecule has 1 atom stereocenters. The van der Waals surface area contributed by atoms with E-state index >= 15 is 0 Å². The summed E-state index contributed by atoms with van der Waals surface area (Å²) in [6, 6.07) is 0. The van der Waals surface area contributed by atoms with Crippen LogP contribution in [-0.4, -0.2) is 41.6 Å². The van der Waals surface area contributed by atoms with E-state index in [0.717, 1.165) is 0 Å². The molecule has 0 aliphatic carbocycles. The maximum absolute atomic E-state index is 13.4. The normalized spacial score (nSPS) is 26.4. The summed E-state index contributed by atoms with van der Waals surface area (Å²) in [4.78, 5) is 12.2. The zero-order chi connectivity index (χ0) is 12.6. The molecular weight excluding hydrogens is 218 g/mol. The van der Waals surface area contributed by atoms with Crippen LogP contribution in [0, 0.1) is 0 Å². The molecule has 0 aromatic rings. The largest absolute Gasteiger partial charge is 0.445 e. The molecule has 1 amide bonds. The number of halogens is 2. The summed E-state index contributed by atoms with van der Waals surface area (Å²) in [6.07, 6.45) is -2.29. The number of hydrogen-bond donors (Lipinski definition) is 1. The minimum Gasteiger partial charge on any atom is -0.445 e. The number of piperidine rings is 1. The molecule has 1 aliphatic rings. The second-order valence-electron chi connectivity index (χ2n) is 5.17. The van der Waals surface area contributed by atoms with E-state index in [2.05, 4.69) is 4.74 Å². The monoisotopic (exact) mass is 236 g/mol. The number of rotatable bonds is 1. The third kappa shape index (κ3) is 3.59. The van der Waals surface area contributed by atoms with Crippen molar-refractivity contribution in [2.45, 2.75) is 44.8 Å². The number of carbonyl (C=O) groups is 1. The zero-order valence-corrected chi connectivity index (χ0v) is 9.80. The number of amides is 1. The summed E-state index contributed by atoms with van der Waals surface area (Å²) in [5.74, 6) is -2.84. The molecule has 1 fully saturated rings. The van der Waals surface area contributed by atoms with Crippen LogP contribution in [-0.2, 0) is 4.74 Å². The summed E-state index contributed by atoms with van der Waals surface area (Å²) >= 11 is 0. The highest BCUT2D eigenvalue weighted by Gasteiger charge is 2.44. The highest BCUT2D eigenvalue weighted by Crippen LogP contribution is 2.32. The molecule has 1 heterocycles. The van der Waals surface area contributed by atoms with Crippen LogP contribution in [0.1, 0.15) is 27.2 Å². The fourth-order valence-electron chi connectivity index (χ4n) is 1.81. The van der Waals surface area contributed by atoms with Gasteiger partial charge in [-0.2, -0.15) is 0 Å². The van der Waals surface area contributed by atoms with E-state index in [0.29, 0.717) is 6.54 Å². The Morgan fingerprint density at radius 1 is 1.50 bits per heavy atom. The Morgan fingerprint density at radius 2 is 2.06 bits per heavy atom. The van der Waals surface area contributed by atoms with Crippen molar-refractivity contribution in [1.29, 1.82) is 0 Å². The average Bonchev–Trinajstić information content (AvgIpc) is 1.97. The van der Waals surface area contributed by atoms with E-state index in [-0.39, 0.29) is 12.1 Å². The van der Waals surface area contributed by atoms with Crippen LogP contribution in [0.25, 0.3) is 0 Å². The minimum atomic E-state index is -2.84. The van der Waals surface area contributed by atoms with Gasteiger partial charge >= 0.3 is 6.09 Å². The van der Waals surface area contributed by atoms with Crippen LogP contribution in [0.3, 0.4) is 0 Å². The first-order chi connectivity index (χ1) is 7.10. The standard InChI is InChI=1S/C10H18F2N2O2/c1-9(2,3)14-5-7(16-8(13)15)4-10(11,12)6-14/h7H,4-6H2,1-3H3,(H2,13,15)/t7-/m0/s1. The van der Waals surface area contributed by atoms with E-state index in [4.69, 9.17) is 5.73 Å². The second-order valence-corrected chi connectivity index (χ2v) is 5.17. The molecule has 0 aromatic heterocycles. The number of nitrogens with two attached hydrogens (primary N) is 1. The van der Waals surface area contributed by atoms with Gasteiger partial charge in [-0.1, -0.05) is 0 Å². The maximum atomic E-state index is 13.4. The quantitative estimate of drug-likeness (QED) is 0.752. The lowest BCUT2D eigenvalue weighted by molar-refractivity contribution is -0.127. The minimum absolute atomic E-state index is 0.294. The van der Waals surface area contributed by atoms with Gasteiger partial charge in [0, 0.05) is 12.1 Å². The van der Waals surface area contributed by atoms with Crippen molar-refractivity contribution in [1.82, 2.24) is 4.90 Å². The van der Waals surface area contributed by atoms with E-state index in [1.807, 2.05) is 20.8 Å². The molecule has 1 aliphatic heterocycles. The van der Waals surface area contributed by atoms with Crippen LogP contribution in [0.4, 0.5) is 13.6 Å². The summed E-state index contributed by atoms with van der Waals surface area (Å²) in [5.41, 5.74) is 4.46. The number of ether oxygens (including phenoxy) is 1. The van der Waals surface area contributed by atoms with Crippen LogP contribution in [0.2, 0.25) is 0 Å². The molecule has 1 rings (SSSR count). The molecule has 0 saturated carbocycles. The smallest absolute Gasteiger partial charge is 0.404 e. The number of primary amides is 1. The molecular formula is C10H18F2N2O2. The Hall–Kier alpha value is -0.910. The molecule has 2 N–H and O–H groups in total. The summed E-state index contributed by atoms with van der Waals surface area (Å²) < 4.78 is 31.5. The summed E-state index contributed by atoms with van der Waals surface area (Å²) in [5, 5.41) is 0. The number of hydrogen-bond acceptors (Lipinski definition) is 3. The fourth-order valence-corrected chi connectivity index (χ4v) is 1.81. The predicted molar refractivity (Wildman–Crippen MR) is 55.3 cm³/mol. The van der Waals surface area contributed by atoms with Crippen molar-refractivity contribution in [3.8, 4) is 0 Å². The van der Waals surface area contributed by atoms with E-state index in [1.54, 1.807) is 4.90 Å².